The minimum atomic E-state index is 0.125. The number of ether oxygens (including phenoxy) is 1. The lowest BCUT2D eigenvalue weighted by Crippen LogP contribution is -2.50. The summed E-state index contributed by atoms with van der Waals surface area (Å²) in [6.07, 6.45) is 5.99. The third-order valence-corrected chi connectivity index (χ3v) is 4.59. The van der Waals surface area contributed by atoms with Crippen LogP contribution in [0.2, 0.25) is 0 Å². The predicted octanol–water partition coefficient (Wildman–Crippen LogP) is 2.18. The van der Waals surface area contributed by atoms with Gasteiger partial charge in [0.2, 0.25) is 5.91 Å². The molecule has 2 atom stereocenters. The fourth-order valence-corrected chi connectivity index (χ4v) is 3.28. The Labute approximate surface area is 123 Å². The SMILES string of the molecule is CCC1CC(NC2CCN(C(=O)C(C)C)CC2)CCO1. The molecule has 2 aliphatic rings. The van der Waals surface area contributed by atoms with E-state index in [1.54, 1.807) is 0 Å². The van der Waals surface area contributed by atoms with Crippen LogP contribution < -0.4 is 5.32 Å². The second kappa shape index (κ2) is 7.41. The molecule has 2 fully saturated rings. The van der Waals surface area contributed by atoms with E-state index in [4.69, 9.17) is 4.74 Å². The van der Waals surface area contributed by atoms with Gasteiger partial charge in [-0.2, -0.15) is 0 Å². The zero-order chi connectivity index (χ0) is 14.5. The molecule has 20 heavy (non-hydrogen) atoms. The third-order valence-electron chi connectivity index (χ3n) is 4.59. The lowest BCUT2D eigenvalue weighted by molar-refractivity contribution is -0.135. The normalized spacial score (nSPS) is 28.9. The summed E-state index contributed by atoms with van der Waals surface area (Å²) in [6, 6.07) is 1.18. The second-order valence-corrected chi connectivity index (χ2v) is 6.54. The number of hydrogen-bond acceptors (Lipinski definition) is 3. The average Bonchev–Trinajstić information content (AvgIpc) is 2.47. The summed E-state index contributed by atoms with van der Waals surface area (Å²) in [4.78, 5) is 14.0. The van der Waals surface area contributed by atoms with E-state index < -0.39 is 0 Å². The van der Waals surface area contributed by atoms with Crippen molar-refractivity contribution < 1.29 is 9.53 Å². The molecule has 2 unspecified atom stereocenters. The fraction of sp³-hybridized carbons (Fsp3) is 0.938. The van der Waals surface area contributed by atoms with E-state index in [9.17, 15) is 4.79 Å². The maximum absolute atomic E-state index is 12.0. The Balaban J connectivity index is 1.73. The maximum atomic E-state index is 12.0. The summed E-state index contributed by atoms with van der Waals surface area (Å²) in [5.41, 5.74) is 0. The quantitative estimate of drug-likeness (QED) is 0.859. The number of rotatable bonds is 4. The number of carbonyl (C=O) groups excluding carboxylic acids is 1. The number of piperidine rings is 1. The smallest absolute Gasteiger partial charge is 0.225 e. The van der Waals surface area contributed by atoms with Crippen LogP contribution in [-0.4, -0.2) is 48.7 Å². The highest BCUT2D eigenvalue weighted by molar-refractivity contribution is 5.78. The molecule has 0 aliphatic carbocycles. The molecule has 2 rings (SSSR count). The van der Waals surface area contributed by atoms with Crippen molar-refractivity contribution in [2.24, 2.45) is 5.92 Å². The molecular formula is C16H30N2O2. The van der Waals surface area contributed by atoms with Gasteiger partial charge < -0.3 is 15.0 Å². The van der Waals surface area contributed by atoms with Crippen molar-refractivity contribution in [2.45, 2.75) is 71.1 Å². The van der Waals surface area contributed by atoms with Gasteiger partial charge in [-0.15, -0.1) is 0 Å². The Morgan fingerprint density at radius 3 is 2.55 bits per heavy atom. The first-order chi connectivity index (χ1) is 9.60. The van der Waals surface area contributed by atoms with Gasteiger partial charge in [-0.1, -0.05) is 20.8 Å². The molecule has 1 N–H and O–H groups in total. The van der Waals surface area contributed by atoms with Crippen molar-refractivity contribution in [3.8, 4) is 0 Å². The van der Waals surface area contributed by atoms with E-state index in [1.807, 2.05) is 18.7 Å². The molecule has 4 nitrogen and oxygen atoms in total. The molecule has 2 saturated heterocycles. The van der Waals surface area contributed by atoms with Gasteiger partial charge in [-0.05, 0) is 32.1 Å². The molecule has 1 amide bonds. The molecule has 0 radical (unpaired) electrons. The molecular weight excluding hydrogens is 252 g/mol. The molecule has 0 bridgehead atoms. The molecule has 0 aromatic heterocycles. The van der Waals surface area contributed by atoms with Gasteiger partial charge in [0.15, 0.2) is 0 Å². The van der Waals surface area contributed by atoms with E-state index in [0.29, 0.717) is 24.1 Å². The van der Waals surface area contributed by atoms with Crippen LogP contribution in [0.5, 0.6) is 0 Å². The molecule has 116 valence electrons. The van der Waals surface area contributed by atoms with Crippen molar-refractivity contribution in [1.29, 1.82) is 0 Å². The van der Waals surface area contributed by atoms with Crippen LogP contribution in [0.1, 0.15) is 52.9 Å². The first-order valence-corrected chi connectivity index (χ1v) is 8.26. The number of nitrogens with zero attached hydrogens (tertiary/aromatic N) is 1. The number of hydrogen-bond donors (Lipinski definition) is 1. The van der Waals surface area contributed by atoms with E-state index in [0.717, 1.165) is 51.8 Å². The van der Waals surface area contributed by atoms with Crippen molar-refractivity contribution in [3.05, 3.63) is 0 Å². The van der Waals surface area contributed by atoms with Gasteiger partial charge >= 0.3 is 0 Å². The summed E-state index contributed by atoms with van der Waals surface area (Å²) in [6.45, 7) is 8.88. The highest BCUT2D eigenvalue weighted by Crippen LogP contribution is 2.19. The van der Waals surface area contributed by atoms with Crippen molar-refractivity contribution >= 4 is 5.91 Å². The lowest BCUT2D eigenvalue weighted by Gasteiger charge is -2.37. The van der Waals surface area contributed by atoms with Gasteiger partial charge in [0.05, 0.1) is 6.10 Å². The summed E-state index contributed by atoms with van der Waals surface area (Å²) in [7, 11) is 0. The fourth-order valence-electron chi connectivity index (χ4n) is 3.28. The highest BCUT2D eigenvalue weighted by Gasteiger charge is 2.27. The van der Waals surface area contributed by atoms with Crippen LogP contribution in [0.15, 0.2) is 0 Å². The minimum Gasteiger partial charge on any atom is -0.378 e. The first kappa shape index (κ1) is 15.8. The summed E-state index contributed by atoms with van der Waals surface area (Å²) < 4.78 is 5.73. The van der Waals surface area contributed by atoms with Crippen molar-refractivity contribution in [1.82, 2.24) is 10.2 Å². The van der Waals surface area contributed by atoms with Gasteiger partial charge in [-0.25, -0.2) is 0 Å². The van der Waals surface area contributed by atoms with E-state index in [2.05, 4.69) is 12.2 Å². The molecule has 0 aromatic carbocycles. The number of carbonyl (C=O) groups is 1. The number of likely N-dealkylation sites (tertiary alicyclic amines) is 1. The second-order valence-electron chi connectivity index (χ2n) is 6.54. The highest BCUT2D eigenvalue weighted by atomic mass is 16.5. The molecule has 2 heterocycles. The zero-order valence-corrected chi connectivity index (χ0v) is 13.2. The van der Waals surface area contributed by atoms with E-state index in [1.165, 1.54) is 0 Å². The lowest BCUT2D eigenvalue weighted by atomic mass is 9.97. The minimum absolute atomic E-state index is 0.125. The average molecular weight is 282 g/mol. The summed E-state index contributed by atoms with van der Waals surface area (Å²) in [5, 5.41) is 3.79. The summed E-state index contributed by atoms with van der Waals surface area (Å²) in [5.74, 6) is 0.431. The van der Waals surface area contributed by atoms with E-state index >= 15 is 0 Å². The molecule has 2 aliphatic heterocycles. The number of nitrogens with one attached hydrogen (secondary N) is 1. The van der Waals surface area contributed by atoms with Crippen LogP contribution >= 0.6 is 0 Å². The van der Waals surface area contributed by atoms with Crippen LogP contribution in [0.4, 0.5) is 0 Å². The molecule has 0 spiro atoms. The summed E-state index contributed by atoms with van der Waals surface area (Å²) >= 11 is 0. The third kappa shape index (κ3) is 4.19. The Hall–Kier alpha value is -0.610. The standard InChI is InChI=1S/C16H30N2O2/c1-4-15-11-14(7-10-20-15)17-13-5-8-18(9-6-13)16(19)12(2)3/h12-15,17H,4-11H2,1-3H3. The van der Waals surface area contributed by atoms with Gasteiger partial charge in [0.1, 0.15) is 0 Å². The molecule has 0 saturated carbocycles. The van der Waals surface area contributed by atoms with Gasteiger partial charge in [-0.3, -0.25) is 4.79 Å². The van der Waals surface area contributed by atoms with Crippen LogP contribution in [0.25, 0.3) is 0 Å². The Morgan fingerprint density at radius 2 is 1.95 bits per heavy atom. The van der Waals surface area contributed by atoms with Crippen LogP contribution in [-0.2, 0) is 9.53 Å². The Morgan fingerprint density at radius 1 is 1.25 bits per heavy atom. The van der Waals surface area contributed by atoms with Crippen LogP contribution in [0.3, 0.4) is 0 Å². The number of amides is 1. The maximum Gasteiger partial charge on any atom is 0.225 e. The monoisotopic (exact) mass is 282 g/mol. The largest absolute Gasteiger partial charge is 0.378 e. The van der Waals surface area contributed by atoms with Crippen molar-refractivity contribution in [3.63, 3.8) is 0 Å². The Kier molecular flexibility index (Phi) is 5.85. The van der Waals surface area contributed by atoms with Crippen molar-refractivity contribution in [2.75, 3.05) is 19.7 Å². The Bertz CT molecular complexity index is 312. The first-order valence-electron chi connectivity index (χ1n) is 8.26. The molecule has 4 heteroatoms. The zero-order valence-electron chi connectivity index (χ0n) is 13.2. The van der Waals surface area contributed by atoms with Crippen LogP contribution in [0, 0.1) is 5.92 Å². The van der Waals surface area contributed by atoms with Gasteiger partial charge in [0.25, 0.3) is 0 Å². The topological polar surface area (TPSA) is 41.6 Å². The predicted molar refractivity (Wildman–Crippen MR) is 80.6 cm³/mol. The van der Waals surface area contributed by atoms with E-state index in [-0.39, 0.29) is 5.92 Å². The van der Waals surface area contributed by atoms with Gasteiger partial charge in [0, 0.05) is 37.7 Å². The molecule has 0 aromatic rings.